The Balaban J connectivity index is 1.81. The molecule has 0 aliphatic heterocycles. The first-order valence-corrected chi connectivity index (χ1v) is 6.51. The quantitative estimate of drug-likeness (QED) is 0.798. The maximum absolute atomic E-state index is 11.7. The molecule has 0 heterocycles. The number of carbonyl (C=O) groups is 1. The van der Waals surface area contributed by atoms with Crippen molar-refractivity contribution in [3.05, 3.63) is 24.3 Å². The van der Waals surface area contributed by atoms with Crippen LogP contribution < -0.4 is 15.5 Å². The summed E-state index contributed by atoms with van der Waals surface area (Å²) in [4.78, 5) is 11.7. The standard InChI is InChI=1S/C14H19N3O2/c1-19-13-9-5-4-8-12(13)15-10-14(18)17-16-11-6-2-3-7-11/h4-5,8-9,15H,2-3,6-7,10H2,1H3,(H,17,18). The number of hydrogen-bond acceptors (Lipinski definition) is 4. The highest BCUT2D eigenvalue weighted by atomic mass is 16.5. The second-order valence-corrected chi connectivity index (χ2v) is 4.47. The van der Waals surface area contributed by atoms with Crippen LogP contribution in [-0.4, -0.2) is 25.3 Å². The van der Waals surface area contributed by atoms with Crippen LogP contribution >= 0.6 is 0 Å². The van der Waals surface area contributed by atoms with Gasteiger partial charge in [-0.15, -0.1) is 0 Å². The third-order valence-electron chi connectivity index (χ3n) is 3.07. The number of amides is 1. The summed E-state index contributed by atoms with van der Waals surface area (Å²) in [7, 11) is 1.60. The maximum Gasteiger partial charge on any atom is 0.259 e. The fraction of sp³-hybridized carbons (Fsp3) is 0.429. The normalized spacial score (nSPS) is 14.1. The van der Waals surface area contributed by atoms with Crippen LogP contribution in [0.1, 0.15) is 25.7 Å². The minimum atomic E-state index is -0.148. The number of nitrogens with one attached hydrogen (secondary N) is 2. The molecule has 1 aromatic carbocycles. The number of rotatable bonds is 5. The lowest BCUT2D eigenvalue weighted by Crippen LogP contribution is -2.26. The van der Waals surface area contributed by atoms with Gasteiger partial charge in [-0.05, 0) is 37.8 Å². The summed E-state index contributed by atoms with van der Waals surface area (Å²) >= 11 is 0. The third-order valence-corrected chi connectivity index (χ3v) is 3.07. The zero-order valence-corrected chi connectivity index (χ0v) is 11.1. The van der Waals surface area contributed by atoms with Crippen molar-refractivity contribution in [1.29, 1.82) is 0 Å². The van der Waals surface area contributed by atoms with Crippen LogP contribution in [0.3, 0.4) is 0 Å². The number of hydrogen-bond donors (Lipinski definition) is 2. The smallest absolute Gasteiger partial charge is 0.259 e. The molecular formula is C14H19N3O2. The summed E-state index contributed by atoms with van der Waals surface area (Å²) in [5, 5.41) is 7.16. The Hall–Kier alpha value is -2.04. The zero-order chi connectivity index (χ0) is 13.5. The van der Waals surface area contributed by atoms with Gasteiger partial charge in [-0.2, -0.15) is 5.10 Å². The first kappa shape index (κ1) is 13.4. The molecule has 5 nitrogen and oxygen atoms in total. The lowest BCUT2D eigenvalue weighted by molar-refractivity contribution is -0.119. The summed E-state index contributed by atoms with van der Waals surface area (Å²) in [6.45, 7) is 0.178. The van der Waals surface area contributed by atoms with Gasteiger partial charge in [-0.3, -0.25) is 4.79 Å². The third kappa shape index (κ3) is 3.98. The number of hydrazone groups is 1. The molecule has 0 aromatic heterocycles. The molecule has 0 saturated heterocycles. The van der Waals surface area contributed by atoms with E-state index in [1.807, 2.05) is 24.3 Å². The Bertz CT molecular complexity index is 464. The topological polar surface area (TPSA) is 62.7 Å². The Morgan fingerprint density at radius 2 is 2.05 bits per heavy atom. The van der Waals surface area contributed by atoms with E-state index in [1.165, 1.54) is 12.8 Å². The van der Waals surface area contributed by atoms with Crippen LogP contribution in [-0.2, 0) is 4.79 Å². The van der Waals surface area contributed by atoms with Crippen molar-refractivity contribution in [2.45, 2.75) is 25.7 Å². The molecule has 0 spiro atoms. The molecule has 1 aromatic rings. The molecule has 0 bridgehead atoms. The van der Waals surface area contributed by atoms with Crippen LogP contribution in [0.15, 0.2) is 29.4 Å². The average Bonchev–Trinajstić information content (AvgIpc) is 2.96. The summed E-state index contributed by atoms with van der Waals surface area (Å²) < 4.78 is 5.20. The number of anilines is 1. The van der Waals surface area contributed by atoms with Crippen molar-refractivity contribution in [1.82, 2.24) is 5.43 Å². The van der Waals surface area contributed by atoms with Crippen molar-refractivity contribution in [2.24, 2.45) is 5.10 Å². The van der Waals surface area contributed by atoms with Crippen LogP contribution in [0.25, 0.3) is 0 Å². The number of ether oxygens (including phenoxy) is 1. The first-order valence-electron chi connectivity index (χ1n) is 6.51. The molecule has 2 rings (SSSR count). The van der Waals surface area contributed by atoms with Gasteiger partial charge in [0, 0.05) is 5.71 Å². The summed E-state index contributed by atoms with van der Waals surface area (Å²) in [5.41, 5.74) is 4.47. The Morgan fingerprint density at radius 3 is 2.79 bits per heavy atom. The van der Waals surface area contributed by atoms with E-state index in [9.17, 15) is 4.79 Å². The van der Waals surface area contributed by atoms with Crippen molar-refractivity contribution < 1.29 is 9.53 Å². The Morgan fingerprint density at radius 1 is 1.32 bits per heavy atom. The molecule has 2 N–H and O–H groups in total. The number of carbonyl (C=O) groups excluding carboxylic acids is 1. The largest absolute Gasteiger partial charge is 0.495 e. The van der Waals surface area contributed by atoms with Gasteiger partial charge in [-0.25, -0.2) is 5.43 Å². The van der Waals surface area contributed by atoms with E-state index in [-0.39, 0.29) is 12.5 Å². The van der Waals surface area contributed by atoms with Gasteiger partial charge >= 0.3 is 0 Å². The molecule has 1 aliphatic rings. The van der Waals surface area contributed by atoms with Crippen LogP contribution in [0.5, 0.6) is 5.75 Å². The van der Waals surface area contributed by atoms with Gasteiger partial charge in [0.2, 0.25) is 0 Å². The number of methoxy groups -OCH3 is 1. The van der Waals surface area contributed by atoms with E-state index < -0.39 is 0 Å². The van der Waals surface area contributed by atoms with Crippen LogP contribution in [0.4, 0.5) is 5.69 Å². The number of benzene rings is 1. The van der Waals surface area contributed by atoms with Crippen LogP contribution in [0.2, 0.25) is 0 Å². The predicted octanol–water partition coefficient (Wildman–Crippen LogP) is 2.15. The molecule has 1 fully saturated rings. The summed E-state index contributed by atoms with van der Waals surface area (Å²) in [5.74, 6) is 0.572. The second-order valence-electron chi connectivity index (χ2n) is 4.47. The highest BCUT2D eigenvalue weighted by Crippen LogP contribution is 2.22. The van der Waals surface area contributed by atoms with Crippen molar-refractivity contribution in [3.63, 3.8) is 0 Å². The van der Waals surface area contributed by atoms with Crippen molar-refractivity contribution in [2.75, 3.05) is 19.0 Å². The molecule has 102 valence electrons. The monoisotopic (exact) mass is 261 g/mol. The molecule has 1 aliphatic carbocycles. The van der Waals surface area contributed by atoms with Gasteiger partial charge < -0.3 is 10.1 Å². The number of para-hydroxylation sites is 2. The van der Waals surface area contributed by atoms with Gasteiger partial charge in [0.1, 0.15) is 5.75 Å². The molecule has 19 heavy (non-hydrogen) atoms. The molecule has 1 amide bonds. The van der Waals surface area contributed by atoms with Crippen molar-refractivity contribution >= 4 is 17.3 Å². The Kier molecular flexibility index (Phi) is 4.78. The van der Waals surface area contributed by atoms with Crippen molar-refractivity contribution in [3.8, 4) is 5.75 Å². The highest BCUT2D eigenvalue weighted by molar-refractivity contribution is 5.88. The fourth-order valence-electron chi connectivity index (χ4n) is 2.04. The highest BCUT2D eigenvalue weighted by Gasteiger charge is 2.09. The molecule has 0 radical (unpaired) electrons. The van der Waals surface area contributed by atoms with Gasteiger partial charge in [-0.1, -0.05) is 12.1 Å². The minimum Gasteiger partial charge on any atom is -0.495 e. The molecule has 0 unspecified atom stereocenters. The maximum atomic E-state index is 11.7. The lowest BCUT2D eigenvalue weighted by Gasteiger charge is -2.09. The van der Waals surface area contributed by atoms with Gasteiger partial charge in [0.05, 0.1) is 19.3 Å². The van der Waals surface area contributed by atoms with E-state index in [0.29, 0.717) is 0 Å². The molecule has 5 heteroatoms. The SMILES string of the molecule is COc1ccccc1NCC(=O)NN=C1CCCC1. The van der Waals surface area contributed by atoms with E-state index in [2.05, 4.69) is 15.8 Å². The van der Waals surface area contributed by atoms with Gasteiger partial charge in [0.25, 0.3) is 5.91 Å². The van der Waals surface area contributed by atoms with E-state index in [1.54, 1.807) is 7.11 Å². The van der Waals surface area contributed by atoms with E-state index in [4.69, 9.17) is 4.74 Å². The molecule has 0 atom stereocenters. The lowest BCUT2D eigenvalue weighted by atomic mass is 10.3. The van der Waals surface area contributed by atoms with Crippen LogP contribution in [0, 0.1) is 0 Å². The summed E-state index contributed by atoms with van der Waals surface area (Å²) in [6.07, 6.45) is 4.35. The molecule has 1 saturated carbocycles. The van der Waals surface area contributed by atoms with Gasteiger partial charge in [0.15, 0.2) is 0 Å². The Labute approximate surface area is 113 Å². The first-order chi connectivity index (χ1) is 9.29. The summed E-state index contributed by atoms with van der Waals surface area (Å²) in [6, 6.07) is 7.49. The molecular weight excluding hydrogens is 242 g/mol. The predicted molar refractivity (Wildman–Crippen MR) is 75.5 cm³/mol. The zero-order valence-electron chi connectivity index (χ0n) is 11.1. The average molecular weight is 261 g/mol. The fourth-order valence-corrected chi connectivity index (χ4v) is 2.04. The van der Waals surface area contributed by atoms with E-state index in [0.717, 1.165) is 30.0 Å². The second kappa shape index (κ2) is 6.78. The minimum absolute atomic E-state index is 0.148. The van der Waals surface area contributed by atoms with E-state index >= 15 is 0 Å². The number of nitrogens with zero attached hydrogens (tertiary/aromatic N) is 1.